The van der Waals surface area contributed by atoms with Crippen molar-refractivity contribution >= 4 is 44.2 Å². The maximum Gasteiger partial charge on any atom is 0.273 e. The minimum atomic E-state index is -3.89. The number of sulfonamides is 1. The number of hydrogen-bond acceptors (Lipinski definition) is 4. The summed E-state index contributed by atoms with van der Waals surface area (Å²) in [6, 6.07) is 5.52. The van der Waals surface area contributed by atoms with Crippen molar-refractivity contribution in [2.45, 2.75) is 24.0 Å². The molecule has 0 unspecified atom stereocenters. The molecule has 1 aliphatic carbocycles. The standard InChI is InChI=1S/C11H10ClIN4O2S/c12-8-5-6(1-4-9(8)13)10-15-16-11(20(14,18)19)17(10)7-2-3-7/h1,4-5,7H,2-3H2,(H2,14,18,19). The van der Waals surface area contributed by atoms with E-state index in [-0.39, 0.29) is 11.2 Å². The van der Waals surface area contributed by atoms with Crippen molar-refractivity contribution in [3.05, 3.63) is 26.8 Å². The van der Waals surface area contributed by atoms with Crippen LogP contribution in [0.1, 0.15) is 18.9 Å². The number of nitrogens with zero attached hydrogens (tertiary/aromatic N) is 3. The summed E-state index contributed by atoms with van der Waals surface area (Å²) in [4.78, 5) is 0. The minimum absolute atomic E-state index is 0.0892. The fourth-order valence-corrected chi connectivity index (χ4v) is 3.15. The van der Waals surface area contributed by atoms with Gasteiger partial charge in [-0.1, -0.05) is 17.7 Å². The van der Waals surface area contributed by atoms with Crippen LogP contribution in [-0.2, 0) is 10.0 Å². The van der Waals surface area contributed by atoms with Crippen molar-refractivity contribution in [1.29, 1.82) is 0 Å². The van der Waals surface area contributed by atoms with Crippen LogP contribution >= 0.6 is 34.2 Å². The number of aromatic nitrogens is 3. The van der Waals surface area contributed by atoms with Crippen molar-refractivity contribution in [2.24, 2.45) is 5.14 Å². The Balaban J connectivity index is 2.19. The Morgan fingerprint density at radius 2 is 2.05 bits per heavy atom. The second-order valence-corrected chi connectivity index (χ2v) is 7.61. The molecule has 3 rings (SSSR count). The molecular formula is C11H10ClIN4O2S. The summed E-state index contributed by atoms with van der Waals surface area (Å²) in [6.07, 6.45) is 1.79. The average Bonchev–Trinajstić information content (AvgIpc) is 3.10. The van der Waals surface area contributed by atoms with Gasteiger partial charge in [-0.3, -0.25) is 4.57 Å². The highest BCUT2D eigenvalue weighted by Crippen LogP contribution is 2.40. The molecule has 0 radical (unpaired) electrons. The van der Waals surface area contributed by atoms with Crippen LogP contribution in [0.2, 0.25) is 5.02 Å². The molecule has 9 heteroatoms. The molecule has 0 atom stereocenters. The molecule has 0 amide bonds. The second-order valence-electron chi connectivity index (χ2n) is 4.58. The van der Waals surface area contributed by atoms with Crippen LogP contribution in [0, 0.1) is 3.57 Å². The maximum atomic E-state index is 11.6. The molecule has 1 aliphatic rings. The number of halogens is 2. The van der Waals surface area contributed by atoms with Crippen LogP contribution in [0.3, 0.4) is 0 Å². The van der Waals surface area contributed by atoms with Gasteiger partial charge in [-0.25, -0.2) is 13.6 Å². The first-order valence-corrected chi connectivity index (χ1v) is 8.81. The summed E-state index contributed by atoms with van der Waals surface area (Å²) in [5.74, 6) is 0.481. The van der Waals surface area contributed by atoms with Crippen molar-refractivity contribution in [2.75, 3.05) is 0 Å². The zero-order valence-electron chi connectivity index (χ0n) is 10.1. The van der Waals surface area contributed by atoms with Gasteiger partial charge in [-0.05, 0) is 47.6 Å². The molecule has 1 saturated carbocycles. The molecule has 1 fully saturated rings. The van der Waals surface area contributed by atoms with Gasteiger partial charge >= 0.3 is 0 Å². The third kappa shape index (κ3) is 2.57. The normalized spacial score (nSPS) is 15.6. The fourth-order valence-electron chi connectivity index (χ4n) is 1.96. The summed E-state index contributed by atoms with van der Waals surface area (Å²) in [5, 5.41) is 13.3. The molecular weight excluding hydrogens is 415 g/mol. The third-order valence-corrected chi connectivity index (χ3v) is 5.37. The molecule has 0 aliphatic heterocycles. The van der Waals surface area contributed by atoms with Crippen LogP contribution < -0.4 is 5.14 Å². The Hall–Kier alpha value is -0.710. The molecule has 6 nitrogen and oxygen atoms in total. The largest absolute Gasteiger partial charge is 0.294 e. The number of hydrogen-bond donors (Lipinski definition) is 1. The number of benzene rings is 1. The highest BCUT2D eigenvalue weighted by molar-refractivity contribution is 14.1. The minimum Gasteiger partial charge on any atom is -0.294 e. The molecule has 1 aromatic heterocycles. The predicted octanol–water partition coefficient (Wildman–Crippen LogP) is 2.19. The number of nitrogens with two attached hydrogens (primary N) is 1. The van der Waals surface area contributed by atoms with Gasteiger partial charge in [0.05, 0.1) is 5.02 Å². The fraction of sp³-hybridized carbons (Fsp3) is 0.273. The quantitative estimate of drug-likeness (QED) is 0.765. The van der Waals surface area contributed by atoms with E-state index >= 15 is 0 Å². The van der Waals surface area contributed by atoms with E-state index in [0.717, 1.165) is 22.0 Å². The molecule has 2 aromatic rings. The molecule has 2 N–H and O–H groups in total. The van der Waals surface area contributed by atoms with Gasteiger partial charge in [0.25, 0.3) is 15.2 Å². The first-order valence-electron chi connectivity index (χ1n) is 5.81. The highest BCUT2D eigenvalue weighted by Gasteiger charge is 2.33. The number of primary sulfonamides is 1. The zero-order valence-corrected chi connectivity index (χ0v) is 13.9. The lowest BCUT2D eigenvalue weighted by Gasteiger charge is -2.08. The van der Waals surface area contributed by atoms with Gasteiger partial charge in [0.1, 0.15) is 0 Å². The van der Waals surface area contributed by atoms with Gasteiger partial charge in [-0.2, -0.15) is 0 Å². The Kier molecular flexibility index (Phi) is 3.51. The van der Waals surface area contributed by atoms with Crippen molar-refractivity contribution < 1.29 is 8.42 Å². The van der Waals surface area contributed by atoms with E-state index in [9.17, 15) is 8.42 Å². The molecule has 106 valence electrons. The highest BCUT2D eigenvalue weighted by atomic mass is 127. The Morgan fingerprint density at radius 3 is 2.60 bits per heavy atom. The van der Waals surface area contributed by atoms with Crippen LogP contribution in [0.5, 0.6) is 0 Å². The molecule has 1 aromatic carbocycles. The molecule has 0 spiro atoms. The summed E-state index contributed by atoms with van der Waals surface area (Å²) in [7, 11) is -3.89. The lowest BCUT2D eigenvalue weighted by Crippen LogP contribution is -2.18. The van der Waals surface area contributed by atoms with Crippen LogP contribution in [0.15, 0.2) is 23.4 Å². The third-order valence-electron chi connectivity index (χ3n) is 3.01. The lowest BCUT2D eigenvalue weighted by molar-refractivity contribution is 0.567. The van der Waals surface area contributed by atoms with Crippen molar-refractivity contribution in [1.82, 2.24) is 14.8 Å². The smallest absolute Gasteiger partial charge is 0.273 e. The predicted molar refractivity (Wildman–Crippen MR) is 82.8 cm³/mol. The van der Waals surface area contributed by atoms with Crippen LogP contribution in [0.25, 0.3) is 11.4 Å². The SMILES string of the molecule is NS(=O)(=O)c1nnc(-c2ccc(I)c(Cl)c2)n1C1CC1. The van der Waals surface area contributed by atoms with E-state index in [1.807, 2.05) is 12.1 Å². The van der Waals surface area contributed by atoms with Crippen LogP contribution in [0.4, 0.5) is 0 Å². The molecule has 20 heavy (non-hydrogen) atoms. The van der Waals surface area contributed by atoms with E-state index in [1.54, 1.807) is 10.6 Å². The topological polar surface area (TPSA) is 90.9 Å². The van der Waals surface area contributed by atoms with Crippen molar-refractivity contribution in [3.63, 3.8) is 0 Å². The summed E-state index contributed by atoms with van der Waals surface area (Å²) >= 11 is 8.22. The first kappa shape index (κ1) is 14.2. The van der Waals surface area contributed by atoms with E-state index in [2.05, 4.69) is 32.8 Å². The summed E-state index contributed by atoms with van der Waals surface area (Å²) in [6.45, 7) is 0. The zero-order chi connectivity index (χ0) is 14.5. The van der Waals surface area contributed by atoms with Gasteiger partial charge in [-0.15, -0.1) is 10.2 Å². The van der Waals surface area contributed by atoms with E-state index < -0.39 is 10.0 Å². The molecule has 0 saturated heterocycles. The lowest BCUT2D eigenvalue weighted by atomic mass is 10.2. The van der Waals surface area contributed by atoms with Gasteiger partial charge in [0.2, 0.25) is 0 Å². The van der Waals surface area contributed by atoms with E-state index in [1.165, 1.54) is 0 Å². The van der Waals surface area contributed by atoms with Crippen LogP contribution in [-0.4, -0.2) is 23.2 Å². The van der Waals surface area contributed by atoms with E-state index in [4.69, 9.17) is 16.7 Å². The Labute approximate surface area is 134 Å². The monoisotopic (exact) mass is 424 g/mol. The Bertz CT molecular complexity index is 786. The maximum absolute atomic E-state index is 11.6. The number of rotatable bonds is 3. The first-order chi connectivity index (χ1) is 9.38. The Morgan fingerprint density at radius 1 is 1.35 bits per heavy atom. The average molecular weight is 425 g/mol. The summed E-state index contributed by atoms with van der Waals surface area (Å²) < 4.78 is 25.7. The van der Waals surface area contributed by atoms with E-state index in [0.29, 0.717) is 10.8 Å². The van der Waals surface area contributed by atoms with Gasteiger partial charge in [0.15, 0.2) is 5.82 Å². The second kappa shape index (κ2) is 4.93. The van der Waals surface area contributed by atoms with Crippen molar-refractivity contribution in [3.8, 4) is 11.4 Å². The van der Waals surface area contributed by atoms with Gasteiger partial charge in [0, 0.05) is 15.2 Å². The molecule has 0 bridgehead atoms. The summed E-state index contributed by atoms with van der Waals surface area (Å²) in [5.41, 5.74) is 0.727. The van der Waals surface area contributed by atoms with Gasteiger partial charge < -0.3 is 0 Å². The molecule has 1 heterocycles.